The summed E-state index contributed by atoms with van der Waals surface area (Å²) in [4.78, 5) is 16.9. The van der Waals surface area contributed by atoms with Gasteiger partial charge in [-0.15, -0.1) is 0 Å². The number of rotatable bonds is 7. The van der Waals surface area contributed by atoms with E-state index in [-0.39, 0.29) is 12.5 Å². The second-order valence-corrected chi connectivity index (χ2v) is 3.74. The van der Waals surface area contributed by atoms with Crippen molar-refractivity contribution in [2.75, 3.05) is 40.8 Å². The van der Waals surface area contributed by atoms with Gasteiger partial charge >= 0.3 is 0 Å². The Kier molecular flexibility index (Phi) is 8.15. The Labute approximate surface area is 97.6 Å². The summed E-state index contributed by atoms with van der Waals surface area (Å²) >= 11 is 0. The molecule has 0 aliphatic heterocycles. The third kappa shape index (κ3) is 9.21. The van der Waals surface area contributed by atoms with Gasteiger partial charge in [0, 0.05) is 32.0 Å². The van der Waals surface area contributed by atoms with E-state index in [4.69, 9.17) is 0 Å². The molecule has 0 spiro atoms. The SMILES string of the molecule is CNC(=O)CN=C/C=C(\C)NCCN(C)C. The Bertz CT molecular complexity index is 259. The van der Waals surface area contributed by atoms with E-state index in [1.54, 1.807) is 13.3 Å². The minimum Gasteiger partial charge on any atom is -0.387 e. The van der Waals surface area contributed by atoms with Crippen LogP contribution in [-0.2, 0) is 4.79 Å². The lowest BCUT2D eigenvalue weighted by molar-refractivity contribution is -0.119. The van der Waals surface area contributed by atoms with Crippen molar-refractivity contribution in [3.8, 4) is 0 Å². The van der Waals surface area contributed by atoms with Crippen LogP contribution >= 0.6 is 0 Å². The molecule has 0 aliphatic rings. The van der Waals surface area contributed by atoms with Crippen LogP contribution in [0.3, 0.4) is 0 Å². The van der Waals surface area contributed by atoms with Crippen LogP contribution in [0.5, 0.6) is 0 Å². The topological polar surface area (TPSA) is 56.7 Å². The molecule has 0 radical (unpaired) electrons. The maximum Gasteiger partial charge on any atom is 0.241 e. The highest BCUT2D eigenvalue weighted by molar-refractivity contribution is 5.81. The number of amides is 1. The molecule has 0 aliphatic carbocycles. The predicted octanol–water partition coefficient (Wildman–Crippen LogP) is -0.142. The minimum atomic E-state index is -0.0807. The zero-order chi connectivity index (χ0) is 12.4. The summed E-state index contributed by atoms with van der Waals surface area (Å²) in [6, 6.07) is 0. The monoisotopic (exact) mass is 226 g/mol. The van der Waals surface area contributed by atoms with Gasteiger partial charge in [0.1, 0.15) is 6.54 Å². The van der Waals surface area contributed by atoms with Gasteiger partial charge in [0.05, 0.1) is 0 Å². The van der Waals surface area contributed by atoms with E-state index >= 15 is 0 Å². The van der Waals surface area contributed by atoms with Gasteiger partial charge in [-0.25, -0.2) is 0 Å². The van der Waals surface area contributed by atoms with Crippen molar-refractivity contribution >= 4 is 12.1 Å². The lowest BCUT2D eigenvalue weighted by atomic mass is 10.4. The molecule has 0 unspecified atom stereocenters. The van der Waals surface area contributed by atoms with Crippen molar-refractivity contribution in [2.24, 2.45) is 4.99 Å². The Morgan fingerprint density at radius 2 is 2.12 bits per heavy atom. The molecule has 5 nitrogen and oxygen atoms in total. The number of hydrogen-bond acceptors (Lipinski definition) is 4. The van der Waals surface area contributed by atoms with E-state index in [2.05, 4.69) is 20.5 Å². The first-order chi connectivity index (χ1) is 7.56. The molecule has 16 heavy (non-hydrogen) atoms. The van der Waals surface area contributed by atoms with Gasteiger partial charge in [0.2, 0.25) is 5.91 Å². The standard InChI is InChI=1S/C11H22N4O/c1-10(14-7-8-15(3)4)5-6-13-9-11(16)12-2/h5-6,14H,7-9H2,1-4H3,(H,12,16)/b10-5+,13-6?. The predicted molar refractivity (Wildman–Crippen MR) is 67.7 cm³/mol. The number of allylic oxidation sites excluding steroid dienone is 2. The highest BCUT2D eigenvalue weighted by Gasteiger charge is 1.91. The van der Waals surface area contributed by atoms with Gasteiger partial charge in [-0.1, -0.05) is 0 Å². The maximum atomic E-state index is 10.8. The molecule has 92 valence electrons. The first kappa shape index (κ1) is 14.6. The van der Waals surface area contributed by atoms with Gasteiger partial charge in [-0.2, -0.15) is 0 Å². The second kappa shape index (κ2) is 8.91. The molecular weight excluding hydrogens is 204 g/mol. The first-order valence-corrected chi connectivity index (χ1v) is 5.32. The molecular formula is C11H22N4O. The van der Waals surface area contributed by atoms with Gasteiger partial charge in [-0.3, -0.25) is 9.79 Å². The average Bonchev–Trinajstić information content (AvgIpc) is 2.23. The fourth-order valence-corrected chi connectivity index (χ4v) is 0.915. The zero-order valence-electron chi connectivity index (χ0n) is 10.6. The van der Waals surface area contributed by atoms with Crippen molar-refractivity contribution in [3.05, 3.63) is 11.8 Å². The van der Waals surface area contributed by atoms with E-state index in [1.807, 2.05) is 27.1 Å². The maximum absolute atomic E-state index is 10.8. The van der Waals surface area contributed by atoms with E-state index in [1.165, 1.54) is 0 Å². The van der Waals surface area contributed by atoms with Crippen molar-refractivity contribution in [1.82, 2.24) is 15.5 Å². The van der Waals surface area contributed by atoms with Crippen LogP contribution < -0.4 is 10.6 Å². The quantitative estimate of drug-likeness (QED) is 0.594. The largest absolute Gasteiger partial charge is 0.387 e. The number of carbonyl (C=O) groups excluding carboxylic acids is 1. The summed E-state index contributed by atoms with van der Waals surface area (Å²) in [7, 11) is 5.67. The van der Waals surface area contributed by atoms with Crippen LogP contribution in [0.4, 0.5) is 0 Å². The summed E-state index contributed by atoms with van der Waals surface area (Å²) in [6.45, 7) is 4.04. The van der Waals surface area contributed by atoms with Crippen LogP contribution in [0.2, 0.25) is 0 Å². The number of nitrogens with one attached hydrogen (secondary N) is 2. The fourth-order valence-electron chi connectivity index (χ4n) is 0.915. The fraction of sp³-hybridized carbons (Fsp3) is 0.636. The molecule has 0 bridgehead atoms. The third-order valence-electron chi connectivity index (χ3n) is 1.91. The molecule has 2 N–H and O–H groups in total. The zero-order valence-corrected chi connectivity index (χ0v) is 10.6. The van der Waals surface area contributed by atoms with Gasteiger partial charge in [0.25, 0.3) is 0 Å². The molecule has 0 aromatic carbocycles. The van der Waals surface area contributed by atoms with Crippen molar-refractivity contribution in [2.45, 2.75) is 6.92 Å². The van der Waals surface area contributed by atoms with E-state index in [9.17, 15) is 4.79 Å². The number of hydrogen-bond donors (Lipinski definition) is 2. The smallest absolute Gasteiger partial charge is 0.241 e. The molecule has 1 amide bonds. The Balaban J connectivity index is 3.73. The lowest BCUT2D eigenvalue weighted by Gasteiger charge is -2.10. The van der Waals surface area contributed by atoms with E-state index < -0.39 is 0 Å². The van der Waals surface area contributed by atoms with Crippen molar-refractivity contribution in [3.63, 3.8) is 0 Å². The molecule has 5 heteroatoms. The number of carbonyl (C=O) groups is 1. The summed E-state index contributed by atoms with van der Waals surface area (Å²) in [5.41, 5.74) is 1.04. The average molecular weight is 226 g/mol. The molecule has 0 rings (SSSR count). The van der Waals surface area contributed by atoms with Crippen LogP contribution in [0, 0.1) is 0 Å². The van der Waals surface area contributed by atoms with Crippen LogP contribution in [0.25, 0.3) is 0 Å². The second-order valence-electron chi connectivity index (χ2n) is 3.74. The van der Waals surface area contributed by atoms with Crippen LogP contribution in [-0.4, -0.2) is 57.8 Å². The van der Waals surface area contributed by atoms with E-state index in [0.717, 1.165) is 18.8 Å². The molecule has 0 aromatic heterocycles. The van der Waals surface area contributed by atoms with Gasteiger partial charge < -0.3 is 15.5 Å². The number of likely N-dealkylation sites (N-methyl/N-ethyl adjacent to an activating group) is 2. The number of aliphatic imine (C=N–C) groups is 1. The highest BCUT2D eigenvalue weighted by Crippen LogP contribution is 1.84. The van der Waals surface area contributed by atoms with Crippen LogP contribution in [0.1, 0.15) is 6.92 Å². The van der Waals surface area contributed by atoms with Crippen molar-refractivity contribution in [1.29, 1.82) is 0 Å². The molecule has 0 heterocycles. The molecule has 0 atom stereocenters. The first-order valence-electron chi connectivity index (χ1n) is 5.32. The molecule has 0 fully saturated rings. The Morgan fingerprint density at radius 1 is 1.44 bits per heavy atom. The summed E-state index contributed by atoms with van der Waals surface area (Å²) in [6.07, 6.45) is 3.51. The molecule has 0 saturated carbocycles. The molecule has 0 aromatic rings. The Morgan fingerprint density at radius 3 is 2.69 bits per heavy atom. The summed E-state index contributed by atoms with van der Waals surface area (Å²) < 4.78 is 0. The van der Waals surface area contributed by atoms with Gasteiger partial charge in [0.15, 0.2) is 0 Å². The molecule has 0 saturated heterocycles. The van der Waals surface area contributed by atoms with E-state index in [0.29, 0.717) is 0 Å². The minimum absolute atomic E-state index is 0.0807. The van der Waals surface area contributed by atoms with Gasteiger partial charge in [-0.05, 0) is 27.1 Å². The normalized spacial score (nSPS) is 12.2. The summed E-state index contributed by atoms with van der Waals surface area (Å²) in [5.74, 6) is -0.0807. The van der Waals surface area contributed by atoms with Crippen LogP contribution in [0.15, 0.2) is 16.8 Å². The lowest BCUT2D eigenvalue weighted by Crippen LogP contribution is -2.25. The highest BCUT2D eigenvalue weighted by atomic mass is 16.1. The Hall–Kier alpha value is -1.36. The summed E-state index contributed by atoms with van der Waals surface area (Å²) in [5, 5.41) is 5.75. The van der Waals surface area contributed by atoms with Crippen molar-refractivity contribution < 1.29 is 4.79 Å². The number of nitrogens with zero attached hydrogens (tertiary/aromatic N) is 2. The third-order valence-corrected chi connectivity index (χ3v) is 1.91.